The monoisotopic (exact) mass is 472 g/mol. The van der Waals surface area contributed by atoms with Crippen LogP contribution in [-0.4, -0.2) is 26.8 Å². The molecule has 2 N–H and O–H groups in total. The molecule has 2 heterocycles. The van der Waals surface area contributed by atoms with Gasteiger partial charge in [-0.15, -0.1) is 0 Å². The maximum absolute atomic E-state index is 14.7. The second-order valence-corrected chi connectivity index (χ2v) is 8.30. The number of aromatic carboxylic acids is 1. The Morgan fingerprint density at radius 2 is 1.88 bits per heavy atom. The molecule has 0 saturated heterocycles. The van der Waals surface area contributed by atoms with Crippen molar-refractivity contribution in [1.29, 1.82) is 0 Å². The van der Waals surface area contributed by atoms with Gasteiger partial charge in [-0.25, -0.2) is 19.2 Å². The number of aryl methyl sites for hydroxylation is 1. The molecule has 1 aromatic heterocycles. The first-order valence-electron chi connectivity index (χ1n) is 10.5. The summed E-state index contributed by atoms with van der Waals surface area (Å²) >= 11 is 6.30. The van der Waals surface area contributed by atoms with E-state index in [0.717, 1.165) is 11.1 Å². The number of anilines is 2. The molecule has 5 rings (SSSR count). The van der Waals surface area contributed by atoms with Crippen molar-refractivity contribution in [3.8, 4) is 11.3 Å². The molecule has 0 fully saturated rings. The summed E-state index contributed by atoms with van der Waals surface area (Å²) in [5, 5.41) is 12.9. The lowest BCUT2D eigenvalue weighted by Crippen LogP contribution is -2.07. The van der Waals surface area contributed by atoms with E-state index < -0.39 is 5.97 Å². The summed E-state index contributed by atoms with van der Waals surface area (Å²) in [6.45, 7) is 2.01. The molecule has 1 aliphatic heterocycles. The molecule has 0 atom stereocenters. The molecule has 0 unspecified atom stereocenters. The van der Waals surface area contributed by atoms with E-state index in [4.69, 9.17) is 21.6 Å². The molecule has 1 aliphatic rings. The number of carbonyl (C=O) groups is 1. The third-order valence-corrected chi connectivity index (χ3v) is 5.84. The first kappa shape index (κ1) is 21.7. The van der Waals surface area contributed by atoms with Gasteiger partial charge >= 0.3 is 5.97 Å². The zero-order chi connectivity index (χ0) is 23.8. The SMILES string of the molecule is Cc1cc(Nc2ncc3c(n2)-c2ccc(Cl)cc2C(c2ccccc2F)=NC3)ccc1C(=O)O. The smallest absolute Gasteiger partial charge is 0.335 e. The van der Waals surface area contributed by atoms with Crippen LogP contribution in [0.4, 0.5) is 16.0 Å². The normalized spacial score (nSPS) is 12.3. The minimum Gasteiger partial charge on any atom is -0.478 e. The van der Waals surface area contributed by atoms with Gasteiger partial charge < -0.3 is 10.4 Å². The fourth-order valence-corrected chi connectivity index (χ4v) is 4.15. The van der Waals surface area contributed by atoms with Gasteiger partial charge in [0.2, 0.25) is 5.95 Å². The van der Waals surface area contributed by atoms with E-state index in [9.17, 15) is 14.3 Å². The topological polar surface area (TPSA) is 87.5 Å². The fraction of sp³-hybridized carbons (Fsp3) is 0.0769. The van der Waals surface area contributed by atoms with E-state index >= 15 is 0 Å². The Kier molecular flexibility index (Phi) is 5.55. The van der Waals surface area contributed by atoms with Crippen molar-refractivity contribution in [1.82, 2.24) is 9.97 Å². The van der Waals surface area contributed by atoms with Crippen molar-refractivity contribution in [2.75, 3.05) is 5.32 Å². The highest BCUT2D eigenvalue weighted by Gasteiger charge is 2.23. The number of rotatable bonds is 4. The van der Waals surface area contributed by atoms with E-state index in [1.807, 2.05) is 6.07 Å². The maximum atomic E-state index is 14.7. The Balaban J connectivity index is 1.58. The summed E-state index contributed by atoms with van der Waals surface area (Å²) in [4.78, 5) is 25.1. The van der Waals surface area contributed by atoms with Crippen LogP contribution in [0, 0.1) is 12.7 Å². The summed E-state index contributed by atoms with van der Waals surface area (Å²) in [5.74, 6) is -1.01. The molecule has 0 aliphatic carbocycles. The van der Waals surface area contributed by atoms with Gasteiger partial charge in [0.1, 0.15) is 5.82 Å². The summed E-state index contributed by atoms with van der Waals surface area (Å²) in [6.07, 6.45) is 1.69. The van der Waals surface area contributed by atoms with Crippen molar-refractivity contribution < 1.29 is 14.3 Å². The summed E-state index contributed by atoms with van der Waals surface area (Å²) in [6, 6.07) is 16.8. The van der Waals surface area contributed by atoms with Crippen LogP contribution in [0.2, 0.25) is 5.02 Å². The van der Waals surface area contributed by atoms with Gasteiger partial charge in [-0.3, -0.25) is 4.99 Å². The fourth-order valence-electron chi connectivity index (χ4n) is 3.98. The summed E-state index contributed by atoms with van der Waals surface area (Å²) in [7, 11) is 0. The number of fused-ring (bicyclic) bond motifs is 3. The minimum absolute atomic E-state index is 0.233. The van der Waals surface area contributed by atoms with Gasteiger partial charge in [0, 0.05) is 39.2 Å². The van der Waals surface area contributed by atoms with E-state index in [-0.39, 0.29) is 17.9 Å². The van der Waals surface area contributed by atoms with Crippen LogP contribution in [0.3, 0.4) is 0 Å². The summed E-state index contributed by atoms with van der Waals surface area (Å²) < 4.78 is 14.7. The molecule has 0 amide bonds. The number of benzene rings is 3. The quantitative estimate of drug-likeness (QED) is 0.378. The standard InChI is InChI=1S/C26H18ClFN4O2/c1-14-10-17(7-9-18(14)25(33)34)31-26-30-13-15-12-29-24(20-4-2-3-5-22(20)28)21-11-16(27)6-8-19(21)23(15)32-26/h2-11,13H,12H2,1H3,(H,33,34)(H,30,31,32). The van der Waals surface area contributed by atoms with E-state index in [0.29, 0.717) is 44.8 Å². The van der Waals surface area contributed by atoms with Gasteiger partial charge in [0.25, 0.3) is 0 Å². The zero-order valence-electron chi connectivity index (χ0n) is 18.0. The number of carboxylic acids is 1. The Morgan fingerprint density at radius 1 is 1.06 bits per heavy atom. The highest BCUT2D eigenvalue weighted by Crippen LogP contribution is 2.34. The van der Waals surface area contributed by atoms with E-state index in [1.165, 1.54) is 12.1 Å². The highest BCUT2D eigenvalue weighted by atomic mass is 35.5. The van der Waals surface area contributed by atoms with Crippen LogP contribution >= 0.6 is 11.6 Å². The molecule has 6 nitrogen and oxygen atoms in total. The van der Waals surface area contributed by atoms with Gasteiger partial charge in [0.15, 0.2) is 0 Å². The van der Waals surface area contributed by atoms with Gasteiger partial charge in [0.05, 0.1) is 23.5 Å². The second kappa shape index (κ2) is 8.68. The number of nitrogens with zero attached hydrogens (tertiary/aromatic N) is 3. The average Bonchev–Trinajstić information content (AvgIpc) is 2.96. The predicted molar refractivity (Wildman–Crippen MR) is 130 cm³/mol. The lowest BCUT2D eigenvalue weighted by Gasteiger charge is -2.13. The van der Waals surface area contributed by atoms with Crippen molar-refractivity contribution in [3.05, 3.63) is 106 Å². The number of aromatic nitrogens is 2. The number of aliphatic imine (C=N–C) groups is 1. The lowest BCUT2D eigenvalue weighted by molar-refractivity contribution is 0.0696. The lowest BCUT2D eigenvalue weighted by atomic mass is 9.95. The number of hydrogen-bond acceptors (Lipinski definition) is 5. The molecular formula is C26H18ClFN4O2. The highest BCUT2D eigenvalue weighted by molar-refractivity contribution is 6.31. The van der Waals surface area contributed by atoms with E-state index in [1.54, 1.807) is 55.6 Å². The van der Waals surface area contributed by atoms with Gasteiger partial charge in [-0.1, -0.05) is 29.8 Å². The maximum Gasteiger partial charge on any atom is 0.335 e. The average molecular weight is 473 g/mol. The molecule has 3 aromatic carbocycles. The number of nitrogens with one attached hydrogen (secondary N) is 1. The van der Waals surface area contributed by atoms with Crippen molar-refractivity contribution in [2.45, 2.75) is 13.5 Å². The third kappa shape index (κ3) is 4.02. The Hall–Kier alpha value is -4.10. The third-order valence-electron chi connectivity index (χ3n) is 5.61. The molecular weight excluding hydrogens is 455 g/mol. The Morgan fingerprint density at radius 3 is 2.65 bits per heavy atom. The molecule has 8 heteroatoms. The molecule has 34 heavy (non-hydrogen) atoms. The second-order valence-electron chi connectivity index (χ2n) is 7.86. The van der Waals surface area contributed by atoms with Crippen molar-refractivity contribution in [3.63, 3.8) is 0 Å². The van der Waals surface area contributed by atoms with Crippen molar-refractivity contribution >= 4 is 34.9 Å². The Bertz CT molecular complexity index is 1490. The first-order valence-corrected chi connectivity index (χ1v) is 10.8. The van der Waals surface area contributed by atoms with Crippen LogP contribution < -0.4 is 5.32 Å². The molecule has 168 valence electrons. The Labute approximate surface area is 199 Å². The van der Waals surface area contributed by atoms with Crippen LogP contribution in [0.1, 0.15) is 32.6 Å². The largest absolute Gasteiger partial charge is 0.478 e. The van der Waals surface area contributed by atoms with Crippen LogP contribution in [0.25, 0.3) is 11.3 Å². The number of carboxylic acid groups (broad SMARTS) is 1. The van der Waals surface area contributed by atoms with Crippen molar-refractivity contribution in [2.24, 2.45) is 4.99 Å². The molecule has 0 radical (unpaired) electrons. The van der Waals surface area contributed by atoms with Crippen LogP contribution in [0.5, 0.6) is 0 Å². The van der Waals surface area contributed by atoms with Crippen LogP contribution in [-0.2, 0) is 6.54 Å². The molecule has 0 bridgehead atoms. The number of halogens is 2. The summed E-state index contributed by atoms with van der Waals surface area (Å²) in [5.41, 5.74) is 5.31. The zero-order valence-corrected chi connectivity index (χ0v) is 18.8. The molecule has 0 saturated carbocycles. The minimum atomic E-state index is -0.980. The first-order chi connectivity index (χ1) is 16.4. The number of hydrogen-bond donors (Lipinski definition) is 2. The van der Waals surface area contributed by atoms with E-state index in [2.05, 4.69) is 10.3 Å². The molecule has 0 spiro atoms. The van der Waals surface area contributed by atoms with Crippen LogP contribution in [0.15, 0.2) is 71.9 Å². The predicted octanol–water partition coefficient (Wildman–Crippen LogP) is 6.04. The van der Waals surface area contributed by atoms with Gasteiger partial charge in [-0.05, 0) is 55.0 Å². The molecule has 4 aromatic rings. The van der Waals surface area contributed by atoms with Gasteiger partial charge in [-0.2, -0.15) is 0 Å².